The van der Waals surface area contributed by atoms with Gasteiger partial charge >= 0.3 is 0 Å². The van der Waals surface area contributed by atoms with Crippen molar-refractivity contribution in [1.29, 1.82) is 0 Å². The molecule has 1 fully saturated rings. The van der Waals surface area contributed by atoms with Gasteiger partial charge in [0.2, 0.25) is 0 Å². The molecule has 0 bridgehead atoms. The minimum atomic E-state index is 0. The van der Waals surface area contributed by atoms with Crippen molar-refractivity contribution in [3.8, 4) is 0 Å². The molecular formula is C7H15Cl2N. The molecule has 0 aromatic heterocycles. The first-order chi connectivity index (χ1) is 4.34. The maximum Gasteiger partial charge on any atom is 0.0238 e. The number of hydrogen-bond donors (Lipinski definition) is 0. The molecule has 1 rings (SSSR count). The Hall–Kier alpha value is 0.540. The zero-order chi connectivity index (χ0) is 6.69. The number of hydrogen-bond acceptors (Lipinski definition) is 1. The van der Waals surface area contributed by atoms with E-state index in [1.807, 2.05) is 0 Å². The van der Waals surface area contributed by atoms with Gasteiger partial charge in [-0.25, -0.2) is 0 Å². The highest BCUT2D eigenvalue weighted by Crippen LogP contribution is 2.17. The van der Waals surface area contributed by atoms with Crippen LogP contribution in [0.1, 0.15) is 19.3 Å². The monoisotopic (exact) mass is 183 g/mol. The largest absolute Gasteiger partial charge is 0.303 e. The lowest BCUT2D eigenvalue weighted by Crippen LogP contribution is -2.24. The minimum Gasteiger partial charge on any atom is -0.303 e. The molecule has 0 saturated carbocycles. The average molecular weight is 184 g/mol. The summed E-state index contributed by atoms with van der Waals surface area (Å²) in [5.41, 5.74) is 0. The van der Waals surface area contributed by atoms with Gasteiger partial charge in [0.15, 0.2) is 0 Å². The van der Waals surface area contributed by atoms with Gasteiger partial charge in [0.25, 0.3) is 0 Å². The quantitative estimate of drug-likeness (QED) is 0.594. The van der Waals surface area contributed by atoms with E-state index >= 15 is 0 Å². The van der Waals surface area contributed by atoms with E-state index in [0.29, 0.717) is 0 Å². The van der Waals surface area contributed by atoms with Gasteiger partial charge in [-0.2, -0.15) is 0 Å². The Morgan fingerprint density at radius 3 is 2.70 bits per heavy atom. The van der Waals surface area contributed by atoms with Gasteiger partial charge in [0, 0.05) is 11.9 Å². The fourth-order valence-corrected chi connectivity index (χ4v) is 1.72. The van der Waals surface area contributed by atoms with Crippen LogP contribution >= 0.6 is 24.0 Å². The summed E-state index contributed by atoms with van der Waals surface area (Å²) in [7, 11) is 2.18. The summed E-state index contributed by atoms with van der Waals surface area (Å²) in [6.45, 7) is 1.27. The molecule has 0 aromatic carbocycles. The van der Waals surface area contributed by atoms with E-state index in [2.05, 4.69) is 11.9 Å². The van der Waals surface area contributed by atoms with E-state index in [1.165, 1.54) is 19.4 Å². The van der Waals surface area contributed by atoms with Crippen molar-refractivity contribution in [2.24, 2.45) is 0 Å². The van der Waals surface area contributed by atoms with Crippen LogP contribution < -0.4 is 0 Å². The summed E-state index contributed by atoms with van der Waals surface area (Å²) in [6, 6.07) is 0.780. The van der Waals surface area contributed by atoms with Crippen LogP contribution in [0.3, 0.4) is 0 Å². The van der Waals surface area contributed by atoms with Crippen LogP contribution in [0.2, 0.25) is 0 Å². The van der Waals surface area contributed by atoms with Crippen molar-refractivity contribution in [1.82, 2.24) is 4.90 Å². The van der Waals surface area contributed by atoms with Gasteiger partial charge in [-0.1, -0.05) is 0 Å². The third-order valence-corrected chi connectivity index (χ3v) is 2.33. The normalized spacial score (nSPS) is 26.4. The molecule has 1 aliphatic rings. The average Bonchev–Trinajstić information content (AvgIpc) is 2.18. The number of halogens is 2. The van der Waals surface area contributed by atoms with Crippen LogP contribution in [0.4, 0.5) is 0 Å². The minimum absolute atomic E-state index is 0. The van der Waals surface area contributed by atoms with Crippen molar-refractivity contribution < 1.29 is 0 Å². The number of nitrogens with zero attached hydrogens (tertiary/aromatic N) is 1. The summed E-state index contributed by atoms with van der Waals surface area (Å²) in [5.74, 6) is 0.814. The molecule has 3 heteroatoms. The molecule has 1 aliphatic heterocycles. The first kappa shape index (κ1) is 10.5. The first-order valence-corrected chi connectivity index (χ1v) is 4.14. The highest BCUT2D eigenvalue weighted by Gasteiger charge is 2.19. The van der Waals surface area contributed by atoms with Crippen LogP contribution in [0, 0.1) is 0 Å². The number of likely N-dealkylation sites (tertiary alicyclic amines) is 1. The molecule has 1 nitrogen and oxygen atoms in total. The highest BCUT2D eigenvalue weighted by molar-refractivity contribution is 6.17. The van der Waals surface area contributed by atoms with Gasteiger partial charge in [-0.3, -0.25) is 0 Å². The van der Waals surface area contributed by atoms with E-state index in [0.717, 1.165) is 18.3 Å². The van der Waals surface area contributed by atoms with Gasteiger partial charge in [-0.15, -0.1) is 24.0 Å². The Morgan fingerprint density at radius 1 is 1.60 bits per heavy atom. The molecule has 0 unspecified atom stereocenters. The van der Waals surface area contributed by atoms with Crippen LogP contribution in [0.25, 0.3) is 0 Å². The summed E-state index contributed by atoms with van der Waals surface area (Å²) >= 11 is 5.62. The van der Waals surface area contributed by atoms with Crippen LogP contribution in [-0.4, -0.2) is 30.4 Å². The maximum atomic E-state index is 5.62. The Labute approximate surface area is 74.1 Å². The molecule has 0 aromatic rings. The Kier molecular flexibility index (Phi) is 5.51. The van der Waals surface area contributed by atoms with Crippen LogP contribution in [0.15, 0.2) is 0 Å². The zero-order valence-electron chi connectivity index (χ0n) is 6.35. The smallest absolute Gasteiger partial charge is 0.0238 e. The van der Waals surface area contributed by atoms with Crippen molar-refractivity contribution >= 4 is 24.0 Å². The lowest BCUT2D eigenvalue weighted by Gasteiger charge is -2.17. The van der Waals surface area contributed by atoms with Crippen molar-refractivity contribution in [3.05, 3.63) is 0 Å². The first-order valence-electron chi connectivity index (χ1n) is 3.61. The second-order valence-electron chi connectivity index (χ2n) is 2.75. The van der Waals surface area contributed by atoms with E-state index in [-0.39, 0.29) is 12.4 Å². The van der Waals surface area contributed by atoms with Crippen molar-refractivity contribution in [3.63, 3.8) is 0 Å². The molecule has 1 saturated heterocycles. The molecule has 0 amide bonds. The fourth-order valence-electron chi connectivity index (χ4n) is 1.47. The maximum absolute atomic E-state index is 5.62. The van der Waals surface area contributed by atoms with E-state index in [4.69, 9.17) is 11.6 Å². The van der Waals surface area contributed by atoms with E-state index in [1.54, 1.807) is 0 Å². The second-order valence-corrected chi connectivity index (χ2v) is 3.13. The SMILES string of the molecule is CN1CCC[C@@H]1CCCl.Cl. The summed E-state index contributed by atoms with van der Waals surface area (Å²) in [6.07, 6.45) is 3.87. The highest BCUT2D eigenvalue weighted by atomic mass is 35.5. The van der Waals surface area contributed by atoms with Gasteiger partial charge in [0.1, 0.15) is 0 Å². The summed E-state index contributed by atoms with van der Waals surface area (Å²) < 4.78 is 0. The molecular weight excluding hydrogens is 169 g/mol. The van der Waals surface area contributed by atoms with Gasteiger partial charge in [-0.05, 0) is 32.9 Å². The fraction of sp³-hybridized carbons (Fsp3) is 1.00. The third-order valence-electron chi connectivity index (χ3n) is 2.11. The topological polar surface area (TPSA) is 3.24 Å². The van der Waals surface area contributed by atoms with Crippen LogP contribution in [-0.2, 0) is 0 Å². The molecule has 62 valence electrons. The number of alkyl halides is 1. The summed E-state index contributed by atoms with van der Waals surface area (Å²) in [5, 5.41) is 0. The predicted molar refractivity (Wildman–Crippen MR) is 48.2 cm³/mol. The Bertz CT molecular complexity index is 87.7. The van der Waals surface area contributed by atoms with Crippen LogP contribution in [0.5, 0.6) is 0 Å². The Morgan fingerprint density at radius 2 is 2.30 bits per heavy atom. The lowest BCUT2D eigenvalue weighted by atomic mass is 10.2. The number of rotatable bonds is 2. The molecule has 0 spiro atoms. The molecule has 0 N–H and O–H groups in total. The molecule has 0 radical (unpaired) electrons. The van der Waals surface area contributed by atoms with E-state index < -0.39 is 0 Å². The van der Waals surface area contributed by atoms with Crippen molar-refractivity contribution in [2.75, 3.05) is 19.5 Å². The standard InChI is InChI=1S/C7H14ClN.ClH/c1-9-6-2-3-7(9)4-5-8;/h7H,2-6H2,1H3;1H/t7-;/m1./s1. The van der Waals surface area contributed by atoms with Gasteiger partial charge in [0.05, 0.1) is 0 Å². The predicted octanol–water partition coefficient (Wildman–Crippen LogP) is 2.13. The lowest BCUT2D eigenvalue weighted by molar-refractivity contribution is 0.305. The molecule has 1 atom stereocenters. The van der Waals surface area contributed by atoms with Gasteiger partial charge < -0.3 is 4.90 Å². The zero-order valence-corrected chi connectivity index (χ0v) is 7.92. The summed E-state index contributed by atoms with van der Waals surface area (Å²) in [4.78, 5) is 2.41. The van der Waals surface area contributed by atoms with Crippen molar-refractivity contribution in [2.45, 2.75) is 25.3 Å². The third kappa shape index (κ3) is 2.65. The second kappa shape index (κ2) is 5.22. The Balaban J connectivity index is 0.000000810. The molecule has 0 aliphatic carbocycles. The molecule has 10 heavy (non-hydrogen) atoms. The molecule has 1 heterocycles. The van der Waals surface area contributed by atoms with E-state index in [9.17, 15) is 0 Å².